The SMILES string of the molecule is O=C(CCCCC(=O)Nc1ccc(NC(=O)c2ccccc2)cc1)Nc1ccc(NC(=O)c2ccccc2)cc1. The first-order chi connectivity index (χ1) is 19.5. The van der Waals surface area contributed by atoms with Crippen LogP contribution in [0.1, 0.15) is 46.4 Å². The quantitative estimate of drug-likeness (QED) is 0.168. The van der Waals surface area contributed by atoms with E-state index in [1.807, 2.05) is 12.1 Å². The van der Waals surface area contributed by atoms with Gasteiger partial charge in [-0.05, 0) is 85.6 Å². The number of carbonyl (C=O) groups excluding carboxylic acids is 4. The lowest BCUT2D eigenvalue weighted by molar-refractivity contribution is -0.118. The van der Waals surface area contributed by atoms with Crippen LogP contribution in [0.4, 0.5) is 22.7 Å². The van der Waals surface area contributed by atoms with Gasteiger partial charge in [-0.2, -0.15) is 0 Å². The molecule has 4 N–H and O–H groups in total. The van der Waals surface area contributed by atoms with Crippen molar-refractivity contribution in [2.45, 2.75) is 25.7 Å². The van der Waals surface area contributed by atoms with Crippen molar-refractivity contribution in [3.63, 3.8) is 0 Å². The Labute approximate surface area is 232 Å². The number of unbranched alkanes of at least 4 members (excludes halogenated alkanes) is 1. The van der Waals surface area contributed by atoms with E-state index in [2.05, 4.69) is 21.3 Å². The van der Waals surface area contributed by atoms with Crippen LogP contribution in [0.2, 0.25) is 0 Å². The normalized spacial score (nSPS) is 10.3. The predicted octanol–water partition coefficient (Wildman–Crippen LogP) is 6.33. The highest BCUT2D eigenvalue weighted by molar-refractivity contribution is 6.05. The molecule has 0 fully saturated rings. The topological polar surface area (TPSA) is 116 Å². The van der Waals surface area contributed by atoms with E-state index in [1.54, 1.807) is 97.1 Å². The van der Waals surface area contributed by atoms with Gasteiger partial charge in [0.15, 0.2) is 0 Å². The standard InChI is InChI=1S/C32H30N4O4/c37-29(33-25-15-19-27(20-16-25)35-31(39)23-9-3-1-4-10-23)13-7-8-14-30(38)34-26-17-21-28(22-18-26)36-32(40)24-11-5-2-6-12-24/h1-6,9-12,15-22H,7-8,13-14H2,(H,33,37)(H,34,38)(H,35,39)(H,36,40). The van der Waals surface area contributed by atoms with Crippen molar-refractivity contribution in [3.8, 4) is 0 Å². The van der Waals surface area contributed by atoms with Crippen molar-refractivity contribution >= 4 is 46.4 Å². The second-order valence-corrected chi connectivity index (χ2v) is 9.10. The second kappa shape index (κ2) is 14.1. The van der Waals surface area contributed by atoms with Gasteiger partial charge in [0.25, 0.3) is 11.8 Å². The highest BCUT2D eigenvalue weighted by Gasteiger charge is 2.09. The van der Waals surface area contributed by atoms with E-state index >= 15 is 0 Å². The first-order valence-corrected chi connectivity index (χ1v) is 13.0. The number of hydrogen-bond acceptors (Lipinski definition) is 4. The van der Waals surface area contributed by atoms with Crippen molar-refractivity contribution in [1.82, 2.24) is 0 Å². The Kier molecular flexibility index (Phi) is 9.77. The molecule has 4 aromatic carbocycles. The van der Waals surface area contributed by atoms with Crippen LogP contribution in [-0.4, -0.2) is 23.6 Å². The van der Waals surface area contributed by atoms with Crippen LogP contribution >= 0.6 is 0 Å². The largest absolute Gasteiger partial charge is 0.326 e. The molecular weight excluding hydrogens is 504 g/mol. The highest BCUT2D eigenvalue weighted by Crippen LogP contribution is 2.17. The average Bonchev–Trinajstić information content (AvgIpc) is 2.98. The summed E-state index contributed by atoms with van der Waals surface area (Å²) < 4.78 is 0. The highest BCUT2D eigenvalue weighted by atomic mass is 16.2. The maximum Gasteiger partial charge on any atom is 0.255 e. The number of anilines is 4. The van der Waals surface area contributed by atoms with E-state index in [0.29, 0.717) is 46.7 Å². The fraction of sp³-hybridized carbons (Fsp3) is 0.125. The Morgan fingerprint density at radius 2 is 0.700 bits per heavy atom. The Morgan fingerprint density at radius 3 is 1.02 bits per heavy atom. The van der Waals surface area contributed by atoms with E-state index in [4.69, 9.17) is 0 Å². The van der Waals surface area contributed by atoms with Gasteiger partial charge in [-0.3, -0.25) is 19.2 Å². The van der Waals surface area contributed by atoms with Gasteiger partial charge in [0.05, 0.1) is 0 Å². The fourth-order valence-electron chi connectivity index (χ4n) is 3.88. The number of amides is 4. The lowest BCUT2D eigenvalue weighted by Gasteiger charge is -2.09. The third-order valence-electron chi connectivity index (χ3n) is 5.98. The van der Waals surface area contributed by atoms with Gasteiger partial charge in [-0.15, -0.1) is 0 Å². The van der Waals surface area contributed by atoms with Gasteiger partial charge in [0, 0.05) is 46.7 Å². The van der Waals surface area contributed by atoms with Crippen LogP contribution in [0.5, 0.6) is 0 Å². The maximum atomic E-state index is 12.3. The Morgan fingerprint density at radius 1 is 0.400 bits per heavy atom. The summed E-state index contributed by atoms with van der Waals surface area (Å²) >= 11 is 0. The summed E-state index contributed by atoms with van der Waals surface area (Å²) in [5.41, 5.74) is 3.65. The zero-order valence-corrected chi connectivity index (χ0v) is 21.9. The van der Waals surface area contributed by atoms with Crippen molar-refractivity contribution < 1.29 is 19.2 Å². The molecule has 0 atom stereocenters. The zero-order valence-electron chi connectivity index (χ0n) is 21.9. The average molecular weight is 535 g/mol. The molecule has 0 aliphatic carbocycles. The summed E-state index contributed by atoms with van der Waals surface area (Å²) in [5, 5.41) is 11.3. The molecule has 8 nitrogen and oxygen atoms in total. The molecule has 4 rings (SSSR count). The van der Waals surface area contributed by atoms with Crippen LogP contribution < -0.4 is 21.3 Å². The molecular formula is C32H30N4O4. The summed E-state index contributed by atoms with van der Waals surface area (Å²) in [6.07, 6.45) is 1.70. The van der Waals surface area contributed by atoms with Crippen LogP contribution in [-0.2, 0) is 9.59 Å². The van der Waals surface area contributed by atoms with E-state index in [1.165, 1.54) is 0 Å². The number of hydrogen-bond donors (Lipinski definition) is 4. The molecule has 0 heterocycles. The molecule has 0 bridgehead atoms. The number of nitrogens with one attached hydrogen (secondary N) is 4. The van der Waals surface area contributed by atoms with Gasteiger partial charge < -0.3 is 21.3 Å². The number of benzene rings is 4. The molecule has 4 amide bonds. The van der Waals surface area contributed by atoms with Crippen molar-refractivity contribution in [2.75, 3.05) is 21.3 Å². The third-order valence-corrected chi connectivity index (χ3v) is 5.98. The summed E-state index contributed by atoms with van der Waals surface area (Å²) in [4.78, 5) is 49.1. The predicted molar refractivity (Wildman–Crippen MR) is 157 cm³/mol. The molecule has 0 radical (unpaired) electrons. The zero-order chi connectivity index (χ0) is 28.2. The van der Waals surface area contributed by atoms with E-state index < -0.39 is 0 Å². The van der Waals surface area contributed by atoms with E-state index in [0.717, 1.165) is 0 Å². The molecule has 0 aliphatic heterocycles. The summed E-state index contributed by atoms with van der Waals surface area (Å²) in [6.45, 7) is 0. The lowest BCUT2D eigenvalue weighted by Crippen LogP contribution is -2.14. The van der Waals surface area contributed by atoms with Crippen LogP contribution in [0.25, 0.3) is 0 Å². The van der Waals surface area contributed by atoms with E-state index in [-0.39, 0.29) is 36.5 Å². The van der Waals surface area contributed by atoms with Crippen LogP contribution in [0.3, 0.4) is 0 Å². The van der Waals surface area contributed by atoms with Crippen molar-refractivity contribution in [3.05, 3.63) is 120 Å². The monoisotopic (exact) mass is 534 g/mol. The summed E-state index contributed by atoms with van der Waals surface area (Å²) in [6, 6.07) is 31.7. The fourth-order valence-corrected chi connectivity index (χ4v) is 3.88. The smallest absolute Gasteiger partial charge is 0.255 e. The first kappa shape index (κ1) is 27.8. The third kappa shape index (κ3) is 8.66. The molecule has 8 heteroatoms. The Bertz CT molecular complexity index is 1330. The number of carbonyl (C=O) groups is 4. The minimum absolute atomic E-state index is 0.144. The molecule has 40 heavy (non-hydrogen) atoms. The molecule has 4 aromatic rings. The molecule has 0 saturated heterocycles. The van der Waals surface area contributed by atoms with Gasteiger partial charge in [0.2, 0.25) is 11.8 Å². The summed E-state index contributed by atoms with van der Waals surface area (Å²) in [7, 11) is 0. The Balaban J connectivity index is 1.12. The molecule has 0 spiro atoms. The van der Waals surface area contributed by atoms with Gasteiger partial charge in [-0.25, -0.2) is 0 Å². The molecule has 0 aliphatic rings. The van der Waals surface area contributed by atoms with Crippen LogP contribution in [0.15, 0.2) is 109 Å². The molecule has 202 valence electrons. The van der Waals surface area contributed by atoms with Crippen molar-refractivity contribution in [1.29, 1.82) is 0 Å². The second-order valence-electron chi connectivity index (χ2n) is 9.10. The lowest BCUT2D eigenvalue weighted by atomic mass is 10.1. The molecule has 0 saturated carbocycles. The van der Waals surface area contributed by atoms with Crippen LogP contribution in [0, 0.1) is 0 Å². The number of rotatable bonds is 11. The van der Waals surface area contributed by atoms with Crippen molar-refractivity contribution in [2.24, 2.45) is 0 Å². The van der Waals surface area contributed by atoms with Gasteiger partial charge >= 0.3 is 0 Å². The maximum absolute atomic E-state index is 12.3. The summed E-state index contributed by atoms with van der Waals surface area (Å²) in [5.74, 6) is -0.694. The minimum Gasteiger partial charge on any atom is -0.326 e. The minimum atomic E-state index is -0.203. The Hall–Kier alpha value is -5.24. The van der Waals surface area contributed by atoms with Gasteiger partial charge in [-0.1, -0.05) is 36.4 Å². The van der Waals surface area contributed by atoms with E-state index in [9.17, 15) is 19.2 Å². The first-order valence-electron chi connectivity index (χ1n) is 13.0. The van der Waals surface area contributed by atoms with Gasteiger partial charge in [0.1, 0.15) is 0 Å². The molecule has 0 aromatic heterocycles. The molecule has 0 unspecified atom stereocenters.